The molecule has 7 heteroatoms. The van der Waals surface area contributed by atoms with Gasteiger partial charge in [0.15, 0.2) is 0 Å². The number of hydrogen-bond acceptors (Lipinski definition) is 4. The molecule has 1 amide bonds. The lowest BCUT2D eigenvalue weighted by Crippen LogP contribution is -2.14. The lowest BCUT2D eigenvalue weighted by molar-refractivity contribution is 0.102. The molecule has 0 saturated heterocycles. The second-order valence-electron chi connectivity index (χ2n) is 3.62. The molecular formula is C12H10Br2N4O. The first-order chi connectivity index (χ1) is 9.10. The largest absolute Gasteiger partial charge is 0.372 e. The minimum atomic E-state index is -0.311. The van der Waals surface area contributed by atoms with Crippen LogP contribution in [0.15, 0.2) is 39.5 Å². The average molecular weight is 386 g/mol. The van der Waals surface area contributed by atoms with Gasteiger partial charge in [0.2, 0.25) is 0 Å². The minimum absolute atomic E-state index is 0.255. The van der Waals surface area contributed by atoms with E-state index in [1.807, 2.05) is 12.1 Å². The molecule has 0 aliphatic rings. The van der Waals surface area contributed by atoms with E-state index < -0.39 is 0 Å². The van der Waals surface area contributed by atoms with Gasteiger partial charge in [0.1, 0.15) is 11.5 Å². The molecule has 1 heterocycles. The standard InChI is InChI=1S/C12H10Br2N4O/c1-15-11-6-16-10(5-17-11)12(19)18-9-4-7(13)2-3-8(9)14/h2-6H,1H3,(H,15,17)(H,18,19). The molecular weight excluding hydrogens is 376 g/mol. The van der Waals surface area contributed by atoms with E-state index in [1.54, 1.807) is 13.1 Å². The Morgan fingerprint density at radius 1 is 1.21 bits per heavy atom. The van der Waals surface area contributed by atoms with Crippen molar-refractivity contribution < 1.29 is 4.79 Å². The molecule has 0 bridgehead atoms. The van der Waals surface area contributed by atoms with Crippen molar-refractivity contribution in [1.82, 2.24) is 9.97 Å². The fourth-order valence-corrected chi connectivity index (χ4v) is 2.06. The first-order valence-corrected chi connectivity index (χ1v) is 6.95. The Morgan fingerprint density at radius 3 is 2.63 bits per heavy atom. The van der Waals surface area contributed by atoms with Crippen molar-refractivity contribution in [2.24, 2.45) is 0 Å². The van der Waals surface area contributed by atoms with Crippen molar-refractivity contribution in [2.45, 2.75) is 0 Å². The number of halogens is 2. The van der Waals surface area contributed by atoms with Gasteiger partial charge in [0.25, 0.3) is 5.91 Å². The van der Waals surface area contributed by atoms with Crippen molar-refractivity contribution in [2.75, 3.05) is 17.7 Å². The molecule has 98 valence electrons. The van der Waals surface area contributed by atoms with Crippen LogP contribution >= 0.6 is 31.9 Å². The van der Waals surface area contributed by atoms with Gasteiger partial charge in [-0.1, -0.05) is 15.9 Å². The summed E-state index contributed by atoms with van der Waals surface area (Å²) in [6.45, 7) is 0. The summed E-state index contributed by atoms with van der Waals surface area (Å²) < 4.78 is 1.67. The zero-order valence-electron chi connectivity index (χ0n) is 9.95. The Labute approximate surface area is 127 Å². The second kappa shape index (κ2) is 6.12. The summed E-state index contributed by atoms with van der Waals surface area (Å²) in [6.07, 6.45) is 2.93. The van der Waals surface area contributed by atoms with Crippen LogP contribution in [-0.4, -0.2) is 22.9 Å². The van der Waals surface area contributed by atoms with E-state index in [9.17, 15) is 4.79 Å². The number of rotatable bonds is 3. The maximum atomic E-state index is 12.0. The van der Waals surface area contributed by atoms with E-state index in [1.165, 1.54) is 12.4 Å². The van der Waals surface area contributed by atoms with E-state index in [4.69, 9.17) is 0 Å². The van der Waals surface area contributed by atoms with E-state index in [0.717, 1.165) is 8.95 Å². The highest BCUT2D eigenvalue weighted by Gasteiger charge is 2.10. The minimum Gasteiger partial charge on any atom is -0.372 e. The number of anilines is 2. The van der Waals surface area contributed by atoms with Crippen LogP contribution in [0, 0.1) is 0 Å². The molecule has 2 aromatic rings. The third-order valence-corrected chi connectivity index (χ3v) is 3.50. The topological polar surface area (TPSA) is 66.9 Å². The molecule has 0 unspecified atom stereocenters. The lowest BCUT2D eigenvalue weighted by Gasteiger charge is -2.07. The predicted octanol–water partition coefficient (Wildman–Crippen LogP) is 3.30. The molecule has 0 atom stereocenters. The van der Waals surface area contributed by atoms with E-state index in [-0.39, 0.29) is 11.6 Å². The summed E-state index contributed by atoms with van der Waals surface area (Å²) in [5.74, 6) is 0.300. The number of hydrogen-bond donors (Lipinski definition) is 2. The number of benzene rings is 1. The first kappa shape index (κ1) is 14.0. The van der Waals surface area contributed by atoms with Gasteiger partial charge in [-0.15, -0.1) is 0 Å². The van der Waals surface area contributed by atoms with E-state index in [2.05, 4.69) is 52.5 Å². The summed E-state index contributed by atoms with van der Waals surface area (Å²) in [5.41, 5.74) is 0.921. The smallest absolute Gasteiger partial charge is 0.275 e. The van der Waals surface area contributed by atoms with Gasteiger partial charge in [-0.25, -0.2) is 9.97 Å². The third kappa shape index (κ3) is 3.51. The summed E-state index contributed by atoms with van der Waals surface area (Å²) in [6, 6.07) is 5.52. The maximum Gasteiger partial charge on any atom is 0.275 e. The highest BCUT2D eigenvalue weighted by molar-refractivity contribution is 9.11. The highest BCUT2D eigenvalue weighted by Crippen LogP contribution is 2.26. The van der Waals surface area contributed by atoms with Gasteiger partial charge in [-0.2, -0.15) is 0 Å². The zero-order valence-corrected chi connectivity index (χ0v) is 13.1. The predicted molar refractivity (Wildman–Crippen MR) is 81.4 cm³/mol. The third-order valence-electron chi connectivity index (χ3n) is 2.32. The van der Waals surface area contributed by atoms with Crippen molar-refractivity contribution in [1.29, 1.82) is 0 Å². The van der Waals surface area contributed by atoms with Crippen molar-refractivity contribution in [3.8, 4) is 0 Å². The number of nitrogens with one attached hydrogen (secondary N) is 2. The van der Waals surface area contributed by atoms with Crippen LogP contribution in [0.3, 0.4) is 0 Å². The van der Waals surface area contributed by atoms with Crippen LogP contribution < -0.4 is 10.6 Å². The zero-order chi connectivity index (χ0) is 13.8. The van der Waals surface area contributed by atoms with Crippen LogP contribution in [0.5, 0.6) is 0 Å². The van der Waals surface area contributed by atoms with Gasteiger partial charge >= 0.3 is 0 Å². The number of amides is 1. The molecule has 5 nitrogen and oxygen atoms in total. The van der Waals surface area contributed by atoms with Crippen LogP contribution in [0.1, 0.15) is 10.5 Å². The molecule has 0 aliphatic carbocycles. The Hall–Kier alpha value is -1.47. The number of nitrogens with zero attached hydrogens (tertiary/aromatic N) is 2. The first-order valence-electron chi connectivity index (χ1n) is 5.36. The molecule has 1 aromatic heterocycles. The van der Waals surface area contributed by atoms with Gasteiger partial charge in [0, 0.05) is 16.0 Å². The fraction of sp³-hybridized carbons (Fsp3) is 0.0833. The molecule has 19 heavy (non-hydrogen) atoms. The monoisotopic (exact) mass is 384 g/mol. The quantitative estimate of drug-likeness (QED) is 0.850. The average Bonchev–Trinajstić information content (AvgIpc) is 2.43. The maximum absolute atomic E-state index is 12.0. The Bertz CT molecular complexity index is 601. The van der Waals surface area contributed by atoms with Gasteiger partial charge in [-0.3, -0.25) is 4.79 Å². The summed E-state index contributed by atoms with van der Waals surface area (Å²) in [7, 11) is 1.74. The Kier molecular flexibility index (Phi) is 4.49. The van der Waals surface area contributed by atoms with Crippen molar-refractivity contribution in [3.63, 3.8) is 0 Å². The normalized spacial score (nSPS) is 10.1. The van der Waals surface area contributed by atoms with Crippen molar-refractivity contribution in [3.05, 3.63) is 45.2 Å². The SMILES string of the molecule is CNc1cnc(C(=O)Nc2cc(Br)ccc2Br)cn1. The molecule has 1 aromatic carbocycles. The molecule has 2 rings (SSSR count). The number of aromatic nitrogens is 2. The van der Waals surface area contributed by atoms with Gasteiger partial charge in [0.05, 0.1) is 18.1 Å². The van der Waals surface area contributed by atoms with Crippen LogP contribution in [0.2, 0.25) is 0 Å². The summed E-state index contributed by atoms with van der Waals surface area (Å²) >= 11 is 6.73. The van der Waals surface area contributed by atoms with E-state index in [0.29, 0.717) is 11.5 Å². The Morgan fingerprint density at radius 2 is 2.00 bits per heavy atom. The fourth-order valence-electron chi connectivity index (χ4n) is 1.35. The lowest BCUT2D eigenvalue weighted by atomic mass is 10.3. The molecule has 0 radical (unpaired) electrons. The highest BCUT2D eigenvalue weighted by atomic mass is 79.9. The molecule has 0 aliphatic heterocycles. The van der Waals surface area contributed by atoms with Crippen molar-refractivity contribution >= 4 is 49.3 Å². The van der Waals surface area contributed by atoms with Gasteiger partial charge in [-0.05, 0) is 34.1 Å². The van der Waals surface area contributed by atoms with Crippen LogP contribution in [-0.2, 0) is 0 Å². The van der Waals surface area contributed by atoms with E-state index >= 15 is 0 Å². The molecule has 0 fully saturated rings. The molecule has 0 saturated carbocycles. The number of carbonyl (C=O) groups excluding carboxylic acids is 1. The summed E-state index contributed by atoms with van der Waals surface area (Å²) in [4.78, 5) is 20.1. The second-order valence-corrected chi connectivity index (χ2v) is 5.39. The van der Waals surface area contributed by atoms with Gasteiger partial charge < -0.3 is 10.6 Å². The number of carbonyl (C=O) groups is 1. The summed E-state index contributed by atoms with van der Waals surface area (Å²) in [5, 5.41) is 5.61. The van der Waals surface area contributed by atoms with Crippen LogP contribution in [0.25, 0.3) is 0 Å². The molecule has 2 N–H and O–H groups in total. The Balaban J connectivity index is 2.18. The molecule has 0 spiro atoms. The van der Waals surface area contributed by atoms with Crippen LogP contribution in [0.4, 0.5) is 11.5 Å².